The van der Waals surface area contributed by atoms with Crippen LogP contribution in [-0.4, -0.2) is 59.5 Å². The molecule has 0 spiro atoms. The Bertz CT molecular complexity index is 841. The fourth-order valence-electron chi connectivity index (χ4n) is 3.80. The second-order valence-corrected chi connectivity index (χ2v) is 8.01. The number of guanidine groups is 1. The fraction of sp³-hybridized carbons (Fsp3) is 0.591. The van der Waals surface area contributed by atoms with Crippen molar-refractivity contribution in [1.82, 2.24) is 25.1 Å². The predicted molar refractivity (Wildman–Crippen MR) is 134 cm³/mol. The highest BCUT2D eigenvalue weighted by molar-refractivity contribution is 14.0. The number of nitrogens with zero attached hydrogens (tertiary/aromatic N) is 4. The maximum atomic E-state index is 11.9. The van der Waals surface area contributed by atoms with E-state index in [-0.39, 0.29) is 36.4 Å². The van der Waals surface area contributed by atoms with E-state index in [0.717, 1.165) is 36.8 Å². The van der Waals surface area contributed by atoms with Crippen LogP contribution in [0, 0.1) is 6.92 Å². The number of amides is 1. The number of imidazole rings is 1. The van der Waals surface area contributed by atoms with Crippen LogP contribution in [0.15, 0.2) is 29.3 Å². The highest BCUT2D eigenvalue weighted by atomic mass is 127. The second-order valence-electron chi connectivity index (χ2n) is 8.01. The average Bonchev–Trinajstić information content (AvgIpc) is 3.04. The molecule has 166 valence electrons. The van der Waals surface area contributed by atoms with Gasteiger partial charge in [0.2, 0.25) is 5.91 Å². The molecule has 0 atom stereocenters. The van der Waals surface area contributed by atoms with E-state index in [9.17, 15) is 4.79 Å². The van der Waals surface area contributed by atoms with Gasteiger partial charge < -0.3 is 20.1 Å². The molecule has 1 heterocycles. The van der Waals surface area contributed by atoms with E-state index in [1.165, 1.54) is 37.6 Å². The minimum absolute atomic E-state index is 0. The summed E-state index contributed by atoms with van der Waals surface area (Å²) in [5, 5.41) is 6.96. The van der Waals surface area contributed by atoms with Gasteiger partial charge in [-0.2, -0.15) is 0 Å². The van der Waals surface area contributed by atoms with Gasteiger partial charge in [-0.25, -0.2) is 9.98 Å². The zero-order valence-corrected chi connectivity index (χ0v) is 20.7. The number of aromatic nitrogens is 2. The molecule has 7 nitrogen and oxygen atoms in total. The van der Waals surface area contributed by atoms with E-state index in [0.29, 0.717) is 6.04 Å². The van der Waals surface area contributed by atoms with Gasteiger partial charge in [0.05, 0.1) is 11.0 Å². The molecule has 3 rings (SSSR count). The number of hydrogen-bond acceptors (Lipinski definition) is 3. The third-order valence-corrected chi connectivity index (χ3v) is 5.51. The lowest BCUT2D eigenvalue weighted by Gasteiger charge is -2.25. The molecule has 30 heavy (non-hydrogen) atoms. The van der Waals surface area contributed by atoms with Gasteiger partial charge in [0.15, 0.2) is 5.96 Å². The molecule has 1 aromatic heterocycles. The standard InChI is InChI=1S/C22H34N6O.HI/c1-17-25-19-12-7-8-13-20(19)28(17)15-9-14-23-22(24-16-21(29)27(2)3)26-18-10-5-4-6-11-18;/h7-8,12-13,18H,4-6,9-11,14-16H2,1-3H3,(H2,23,24,26);1H. The molecule has 0 radical (unpaired) electrons. The summed E-state index contributed by atoms with van der Waals surface area (Å²) in [6.07, 6.45) is 7.12. The minimum Gasteiger partial charge on any atom is -0.356 e. The van der Waals surface area contributed by atoms with Crippen LogP contribution in [0.3, 0.4) is 0 Å². The zero-order valence-electron chi connectivity index (χ0n) is 18.4. The number of aryl methyl sites for hydroxylation is 2. The Balaban J connectivity index is 0.00000320. The largest absolute Gasteiger partial charge is 0.356 e. The van der Waals surface area contributed by atoms with Gasteiger partial charge >= 0.3 is 0 Å². The van der Waals surface area contributed by atoms with E-state index in [2.05, 4.69) is 50.3 Å². The first-order valence-electron chi connectivity index (χ1n) is 10.7. The van der Waals surface area contributed by atoms with Crippen LogP contribution in [0.2, 0.25) is 0 Å². The summed E-state index contributed by atoms with van der Waals surface area (Å²) in [6, 6.07) is 8.70. The Kier molecular flexibility index (Phi) is 9.87. The lowest BCUT2D eigenvalue weighted by Crippen LogP contribution is -2.45. The van der Waals surface area contributed by atoms with Gasteiger partial charge in [0.25, 0.3) is 0 Å². The lowest BCUT2D eigenvalue weighted by molar-refractivity contribution is -0.127. The van der Waals surface area contributed by atoms with Crippen molar-refractivity contribution in [3.8, 4) is 0 Å². The number of carbonyl (C=O) groups is 1. The first-order valence-corrected chi connectivity index (χ1v) is 10.7. The van der Waals surface area contributed by atoms with E-state index in [1.54, 1.807) is 19.0 Å². The molecule has 0 aliphatic heterocycles. The molecule has 1 fully saturated rings. The van der Waals surface area contributed by atoms with Crippen LogP contribution in [0.25, 0.3) is 11.0 Å². The van der Waals surface area contributed by atoms with Gasteiger partial charge in [-0.05, 0) is 38.3 Å². The summed E-state index contributed by atoms with van der Waals surface area (Å²) in [6.45, 7) is 3.91. The molecule has 0 bridgehead atoms. The number of aliphatic imine (C=N–C) groups is 1. The SMILES string of the molecule is Cc1nc2ccccc2n1CCCNC(=NCC(=O)N(C)C)NC1CCCCC1.I. The monoisotopic (exact) mass is 526 g/mol. The molecule has 1 saturated carbocycles. The number of carbonyl (C=O) groups excluding carboxylic acids is 1. The van der Waals surface area contributed by atoms with Crippen LogP contribution in [0.5, 0.6) is 0 Å². The zero-order chi connectivity index (χ0) is 20.6. The van der Waals surface area contributed by atoms with Crippen LogP contribution in [0.1, 0.15) is 44.3 Å². The average molecular weight is 526 g/mol. The normalized spacial score (nSPS) is 15.0. The van der Waals surface area contributed by atoms with Gasteiger partial charge in [-0.1, -0.05) is 31.4 Å². The highest BCUT2D eigenvalue weighted by Gasteiger charge is 2.15. The number of halogens is 1. The van der Waals surface area contributed by atoms with Crippen LogP contribution >= 0.6 is 24.0 Å². The molecular weight excluding hydrogens is 491 g/mol. The number of likely N-dealkylation sites (N-methyl/N-ethyl adjacent to an activating group) is 1. The second kappa shape index (κ2) is 12.1. The molecule has 1 amide bonds. The summed E-state index contributed by atoms with van der Waals surface area (Å²) in [7, 11) is 3.52. The first kappa shape index (κ1) is 24.4. The smallest absolute Gasteiger partial charge is 0.243 e. The Labute approximate surface area is 196 Å². The quantitative estimate of drug-likeness (QED) is 0.251. The summed E-state index contributed by atoms with van der Waals surface area (Å²) < 4.78 is 2.26. The molecule has 0 unspecified atom stereocenters. The van der Waals surface area contributed by atoms with Crippen LogP contribution < -0.4 is 10.6 Å². The number of nitrogens with one attached hydrogen (secondary N) is 2. The summed E-state index contributed by atoms with van der Waals surface area (Å²) in [5.74, 6) is 1.80. The van der Waals surface area contributed by atoms with Gasteiger partial charge in [0.1, 0.15) is 12.4 Å². The van der Waals surface area contributed by atoms with Crippen molar-refractivity contribution in [2.75, 3.05) is 27.2 Å². The molecule has 1 aliphatic rings. The Morgan fingerprint density at radius 1 is 1.23 bits per heavy atom. The molecule has 1 aromatic carbocycles. The predicted octanol–water partition coefficient (Wildman–Crippen LogP) is 3.31. The van der Waals surface area contributed by atoms with E-state index >= 15 is 0 Å². The van der Waals surface area contributed by atoms with E-state index < -0.39 is 0 Å². The van der Waals surface area contributed by atoms with Crippen molar-refractivity contribution in [3.63, 3.8) is 0 Å². The highest BCUT2D eigenvalue weighted by Crippen LogP contribution is 2.17. The van der Waals surface area contributed by atoms with E-state index in [4.69, 9.17) is 0 Å². The Hall–Kier alpha value is -1.84. The number of para-hydroxylation sites is 2. The minimum atomic E-state index is 0. The van der Waals surface area contributed by atoms with Gasteiger partial charge in [0, 0.05) is 33.2 Å². The third kappa shape index (κ3) is 6.85. The summed E-state index contributed by atoms with van der Waals surface area (Å²) in [4.78, 5) is 22.7. The van der Waals surface area contributed by atoms with Crippen molar-refractivity contribution >= 4 is 46.9 Å². The lowest BCUT2D eigenvalue weighted by atomic mass is 9.96. The molecule has 2 N–H and O–H groups in total. The van der Waals surface area contributed by atoms with Gasteiger partial charge in [-0.3, -0.25) is 4.79 Å². The van der Waals surface area contributed by atoms with Crippen LogP contribution in [0.4, 0.5) is 0 Å². The summed E-state index contributed by atoms with van der Waals surface area (Å²) in [5.41, 5.74) is 2.22. The van der Waals surface area contributed by atoms with Crippen molar-refractivity contribution in [1.29, 1.82) is 0 Å². The van der Waals surface area contributed by atoms with Crippen molar-refractivity contribution in [2.45, 2.75) is 58.0 Å². The molecule has 8 heteroatoms. The van der Waals surface area contributed by atoms with Crippen LogP contribution in [-0.2, 0) is 11.3 Å². The fourth-order valence-corrected chi connectivity index (χ4v) is 3.80. The first-order chi connectivity index (χ1) is 14.0. The van der Waals surface area contributed by atoms with Crippen molar-refractivity contribution in [2.24, 2.45) is 4.99 Å². The van der Waals surface area contributed by atoms with Crippen molar-refractivity contribution in [3.05, 3.63) is 30.1 Å². The Morgan fingerprint density at radius 3 is 2.70 bits per heavy atom. The number of rotatable bonds is 7. The number of fused-ring (bicyclic) bond motifs is 1. The maximum Gasteiger partial charge on any atom is 0.243 e. The van der Waals surface area contributed by atoms with E-state index in [1.807, 2.05) is 6.07 Å². The number of benzene rings is 1. The molecule has 2 aromatic rings. The Morgan fingerprint density at radius 2 is 1.97 bits per heavy atom. The number of hydrogen-bond donors (Lipinski definition) is 2. The van der Waals surface area contributed by atoms with Crippen molar-refractivity contribution < 1.29 is 4.79 Å². The summed E-state index contributed by atoms with van der Waals surface area (Å²) >= 11 is 0. The molecule has 0 saturated heterocycles. The molecule has 1 aliphatic carbocycles. The molecular formula is C22H35IN6O. The third-order valence-electron chi connectivity index (χ3n) is 5.51. The topological polar surface area (TPSA) is 74.5 Å². The maximum absolute atomic E-state index is 11.9. The van der Waals surface area contributed by atoms with Gasteiger partial charge in [-0.15, -0.1) is 24.0 Å².